The summed E-state index contributed by atoms with van der Waals surface area (Å²) in [6.07, 6.45) is 0. The molecule has 0 heterocycles. The number of hydrogen-bond donors (Lipinski definition) is 2. The smallest absolute Gasteiger partial charge is 0.292 e. The molecule has 0 radical (unpaired) electrons. The van der Waals surface area contributed by atoms with Crippen LogP contribution in [0.1, 0.15) is 32.3 Å². The van der Waals surface area contributed by atoms with E-state index in [0.717, 1.165) is 11.1 Å². The van der Waals surface area contributed by atoms with Gasteiger partial charge in [0, 0.05) is 12.6 Å². The molecule has 2 aromatic rings. The number of hydrogen-bond acceptors (Lipinski definition) is 5. The molecule has 0 aliphatic carbocycles. The molecule has 0 spiro atoms. The number of rotatable bonds is 7. The van der Waals surface area contributed by atoms with Gasteiger partial charge in [0.25, 0.3) is 5.69 Å². The van der Waals surface area contributed by atoms with Gasteiger partial charge in [-0.1, -0.05) is 37.3 Å². The van der Waals surface area contributed by atoms with Gasteiger partial charge in [-0.3, -0.25) is 10.1 Å². The summed E-state index contributed by atoms with van der Waals surface area (Å²) in [5.74, 6) is -0.00155. The van der Waals surface area contributed by atoms with Gasteiger partial charge in [0.05, 0.1) is 10.2 Å². The van der Waals surface area contributed by atoms with E-state index in [4.69, 9.17) is 5.73 Å². The number of sulfonamides is 1. The Balaban J connectivity index is 2.16. The van der Waals surface area contributed by atoms with Crippen LogP contribution in [0.4, 0.5) is 11.4 Å². The summed E-state index contributed by atoms with van der Waals surface area (Å²) >= 11 is 0. The maximum Gasteiger partial charge on any atom is 0.292 e. The average Bonchev–Trinajstić information content (AvgIpc) is 2.60. The van der Waals surface area contributed by atoms with Gasteiger partial charge < -0.3 is 5.73 Å². The lowest BCUT2D eigenvalue weighted by Gasteiger charge is -2.15. The first-order chi connectivity index (χ1) is 12.1. The van der Waals surface area contributed by atoms with Crippen LogP contribution in [0.3, 0.4) is 0 Å². The van der Waals surface area contributed by atoms with Crippen molar-refractivity contribution in [3.63, 3.8) is 0 Å². The Morgan fingerprint density at radius 3 is 2.19 bits per heavy atom. The topological polar surface area (TPSA) is 115 Å². The highest BCUT2D eigenvalue weighted by molar-refractivity contribution is 7.90. The van der Waals surface area contributed by atoms with E-state index >= 15 is 0 Å². The van der Waals surface area contributed by atoms with Crippen LogP contribution in [0.25, 0.3) is 11.1 Å². The van der Waals surface area contributed by atoms with Gasteiger partial charge in [0.15, 0.2) is 0 Å². The van der Waals surface area contributed by atoms with Crippen LogP contribution in [0.5, 0.6) is 0 Å². The molecule has 0 saturated carbocycles. The molecule has 0 aliphatic heterocycles. The van der Waals surface area contributed by atoms with Crippen molar-refractivity contribution in [3.8, 4) is 11.1 Å². The summed E-state index contributed by atoms with van der Waals surface area (Å²) in [4.78, 5) is 10.5. The molecule has 1 atom stereocenters. The lowest BCUT2D eigenvalue weighted by Crippen LogP contribution is -2.33. The number of nitrogens with zero attached hydrogens (tertiary/aromatic N) is 1. The number of nitrogens with two attached hydrogens (primary N) is 1. The fraction of sp³-hybridized carbons (Fsp3) is 0.333. The van der Waals surface area contributed by atoms with Crippen molar-refractivity contribution in [1.82, 2.24) is 4.72 Å². The molecule has 0 aliphatic rings. The van der Waals surface area contributed by atoms with Crippen LogP contribution in [0, 0.1) is 10.1 Å². The van der Waals surface area contributed by atoms with Gasteiger partial charge in [-0.2, -0.15) is 0 Å². The van der Waals surface area contributed by atoms with E-state index in [0.29, 0.717) is 12.1 Å². The second-order valence-corrected chi connectivity index (χ2v) is 8.82. The van der Waals surface area contributed by atoms with Gasteiger partial charge in [-0.25, -0.2) is 13.1 Å². The minimum atomic E-state index is -3.30. The molecule has 0 saturated heterocycles. The fourth-order valence-electron chi connectivity index (χ4n) is 2.41. The number of nitro benzene ring substituents is 1. The lowest BCUT2D eigenvalue weighted by molar-refractivity contribution is -0.383. The fourth-order valence-corrected chi connectivity index (χ4v) is 3.23. The highest BCUT2D eigenvalue weighted by Crippen LogP contribution is 2.29. The zero-order valence-electron chi connectivity index (χ0n) is 15.0. The van der Waals surface area contributed by atoms with Crippen molar-refractivity contribution in [2.75, 3.05) is 12.3 Å². The highest BCUT2D eigenvalue weighted by Gasteiger charge is 2.17. The summed E-state index contributed by atoms with van der Waals surface area (Å²) in [7, 11) is -3.30. The van der Waals surface area contributed by atoms with E-state index in [1.54, 1.807) is 19.9 Å². The molecule has 0 bridgehead atoms. The monoisotopic (exact) mass is 377 g/mol. The number of nitrogen functional groups attached to an aromatic ring is 1. The second kappa shape index (κ2) is 7.84. The van der Waals surface area contributed by atoms with E-state index in [-0.39, 0.29) is 17.3 Å². The van der Waals surface area contributed by atoms with Crippen molar-refractivity contribution < 1.29 is 13.3 Å². The first-order valence-corrected chi connectivity index (χ1v) is 9.79. The highest BCUT2D eigenvalue weighted by atomic mass is 32.2. The van der Waals surface area contributed by atoms with Crippen molar-refractivity contribution in [2.45, 2.75) is 31.9 Å². The van der Waals surface area contributed by atoms with Crippen molar-refractivity contribution in [2.24, 2.45) is 0 Å². The summed E-state index contributed by atoms with van der Waals surface area (Å²) < 4.78 is 26.3. The van der Waals surface area contributed by atoms with E-state index in [2.05, 4.69) is 4.72 Å². The van der Waals surface area contributed by atoms with E-state index < -0.39 is 20.2 Å². The molecule has 2 aromatic carbocycles. The Bertz CT molecular complexity index is 893. The number of benzene rings is 2. The third-order valence-corrected chi connectivity index (χ3v) is 6.06. The minimum Gasteiger partial charge on any atom is -0.393 e. The average molecular weight is 377 g/mol. The summed E-state index contributed by atoms with van der Waals surface area (Å²) in [6.45, 7) is 5.51. The Kier molecular flexibility index (Phi) is 5.99. The maximum atomic E-state index is 11.8. The quantitative estimate of drug-likeness (QED) is 0.436. The first kappa shape index (κ1) is 19.9. The lowest BCUT2D eigenvalue weighted by atomic mass is 9.97. The number of anilines is 1. The molecular weight excluding hydrogens is 354 g/mol. The van der Waals surface area contributed by atoms with Gasteiger partial charge >= 0.3 is 0 Å². The van der Waals surface area contributed by atoms with Crippen LogP contribution in [0.15, 0.2) is 42.5 Å². The minimum absolute atomic E-state index is 0.00155. The summed E-state index contributed by atoms with van der Waals surface area (Å²) in [5, 5.41) is 10.5. The molecule has 3 N–H and O–H groups in total. The summed E-state index contributed by atoms with van der Waals surface area (Å²) in [5.41, 5.74) is 8.13. The Hall–Kier alpha value is -2.45. The molecule has 0 amide bonds. The van der Waals surface area contributed by atoms with Crippen LogP contribution in [-0.2, 0) is 10.0 Å². The molecule has 26 heavy (non-hydrogen) atoms. The number of nitrogens with one attached hydrogen (secondary N) is 1. The molecule has 2 rings (SSSR count). The predicted octanol–water partition coefficient (Wildman–Crippen LogP) is 3.28. The largest absolute Gasteiger partial charge is 0.393 e. The normalized spacial score (nSPS) is 12.9. The molecular formula is C18H23N3O4S. The van der Waals surface area contributed by atoms with Crippen LogP contribution in [0.2, 0.25) is 0 Å². The third kappa shape index (κ3) is 4.59. The first-order valence-electron chi connectivity index (χ1n) is 8.24. The van der Waals surface area contributed by atoms with E-state index in [1.807, 2.05) is 31.2 Å². The van der Waals surface area contributed by atoms with Crippen LogP contribution >= 0.6 is 0 Å². The molecule has 1 unspecified atom stereocenters. The van der Waals surface area contributed by atoms with Gasteiger partial charge in [0.1, 0.15) is 5.69 Å². The predicted molar refractivity (Wildman–Crippen MR) is 103 cm³/mol. The Morgan fingerprint density at radius 1 is 1.08 bits per heavy atom. The van der Waals surface area contributed by atoms with Gasteiger partial charge in [0.2, 0.25) is 10.0 Å². The van der Waals surface area contributed by atoms with Crippen molar-refractivity contribution >= 4 is 21.4 Å². The van der Waals surface area contributed by atoms with Crippen molar-refractivity contribution in [1.29, 1.82) is 0 Å². The Morgan fingerprint density at radius 2 is 1.65 bits per heavy atom. The van der Waals surface area contributed by atoms with Gasteiger partial charge in [-0.05, 0) is 42.5 Å². The van der Waals surface area contributed by atoms with Gasteiger partial charge in [-0.15, -0.1) is 0 Å². The third-order valence-electron chi connectivity index (χ3n) is 4.25. The molecule has 0 fully saturated rings. The summed E-state index contributed by atoms with van der Waals surface area (Å²) in [6, 6.07) is 12.2. The zero-order chi connectivity index (χ0) is 19.5. The second-order valence-electron chi connectivity index (χ2n) is 6.50. The van der Waals surface area contributed by atoms with Crippen LogP contribution < -0.4 is 10.5 Å². The number of nitro groups is 1. The van der Waals surface area contributed by atoms with Crippen LogP contribution in [-0.4, -0.2) is 25.1 Å². The zero-order valence-corrected chi connectivity index (χ0v) is 15.8. The van der Waals surface area contributed by atoms with E-state index in [9.17, 15) is 18.5 Å². The standard InChI is InChI=1S/C18H23N3O4S/c1-12(2)26(24,25)20-11-13(3)14-4-6-15(7-5-14)16-8-9-17(19)18(10-16)21(22)23/h4-10,12-13,20H,11,19H2,1-3H3. The van der Waals surface area contributed by atoms with E-state index in [1.165, 1.54) is 12.1 Å². The molecule has 8 heteroatoms. The SMILES string of the molecule is CC(CNS(=O)(=O)C(C)C)c1ccc(-c2ccc(N)c([N+](=O)[O-])c2)cc1. The van der Waals surface area contributed by atoms with Crippen molar-refractivity contribution in [3.05, 3.63) is 58.1 Å². The maximum absolute atomic E-state index is 11.8. The molecule has 140 valence electrons. The molecule has 7 nitrogen and oxygen atoms in total. The Labute approximate surface area is 153 Å². The molecule has 0 aromatic heterocycles.